The van der Waals surface area contributed by atoms with Gasteiger partial charge >= 0.3 is 0 Å². The minimum absolute atomic E-state index is 0.103. The summed E-state index contributed by atoms with van der Waals surface area (Å²) in [5.41, 5.74) is 0. The summed E-state index contributed by atoms with van der Waals surface area (Å²) in [6.45, 7) is 1.26. The number of nitrogens with zero attached hydrogens (tertiary/aromatic N) is 1. The minimum Gasteiger partial charge on any atom is -0.377 e. The van der Waals surface area contributed by atoms with Gasteiger partial charge in [-0.2, -0.15) is 4.31 Å². The first kappa shape index (κ1) is 14.6. The SMILES string of the molecule is O=S(=O)(CC1CCCO1)N(CCCCl)C1CCC1. The van der Waals surface area contributed by atoms with E-state index in [2.05, 4.69) is 0 Å². The molecule has 1 atom stereocenters. The Balaban J connectivity index is 1.97. The average molecular weight is 296 g/mol. The smallest absolute Gasteiger partial charge is 0.216 e. The molecule has 0 aromatic carbocycles. The van der Waals surface area contributed by atoms with Gasteiger partial charge in [-0.1, -0.05) is 6.42 Å². The molecular formula is C12H22ClNO3S. The molecule has 0 aromatic rings. The minimum atomic E-state index is -3.19. The van der Waals surface area contributed by atoms with Crippen LogP contribution >= 0.6 is 11.6 Å². The van der Waals surface area contributed by atoms with Gasteiger partial charge in [-0.05, 0) is 32.1 Å². The van der Waals surface area contributed by atoms with E-state index in [0.717, 1.165) is 38.5 Å². The summed E-state index contributed by atoms with van der Waals surface area (Å²) in [5, 5.41) is 0. The highest BCUT2D eigenvalue weighted by Crippen LogP contribution is 2.28. The van der Waals surface area contributed by atoms with Crippen molar-refractivity contribution in [2.45, 2.75) is 50.7 Å². The number of hydrogen-bond acceptors (Lipinski definition) is 3. The van der Waals surface area contributed by atoms with Gasteiger partial charge < -0.3 is 4.74 Å². The molecule has 4 nitrogen and oxygen atoms in total. The quantitative estimate of drug-likeness (QED) is 0.675. The van der Waals surface area contributed by atoms with Crippen molar-refractivity contribution in [1.82, 2.24) is 4.31 Å². The molecule has 0 N–H and O–H groups in total. The topological polar surface area (TPSA) is 46.6 Å². The van der Waals surface area contributed by atoms with E-state index < -0.39 is 10.0 Å². The molecule has 0 amide bonds. The third-order valence-corrected chi connectivity index (χ3v) is 6.03. The Morgan fingerprint density at radius 1 is 1.22 bits per heavy atom. The van der Waals surface area contributed by atoms with Crippen LogP contribution in [0.4, 0.5) is 0 Å². The van der Waals surface area contributed by atoms with Crippen molar-refractivity contribution in [2.24, 2.45) is 0 Å². The van der Waals surface area contributed by atoms with Crippen LogP contribution in [0.15, 0.2) is 0 Å². The molecule has 106 valence electrons. The normalized spacial score (nSPS) is 25.6. The summed E-state index contributed by atoms with van der Waals surface area (Å²) in [6, 6.07) is 0.208. The molecule has 0 spiro atoms. The maximum Gasteiger partial charge on any atom is 0.216 e. The van der Waals surface area contributed by atoms with Crippen molar-refractivity contribution in [3.05, 3.63) is 0 Å². The lowest BCUT2D eigenvalue weighted by molar-refractivity contribution is 0.124. The van der Waals surface area contributed by atoms with E-state index in [1.807, 2.05) is 0 Å². The summed E-state index contributed by atoms with van der Waals surface area (Å²) in [5.74, 6) is 0.657. The standard InChI is InChI=1S/C12H22ClNO3S/c13-7-3-8-14(11-4-1-5-11)18(15,16)10-12-6-2-9-17-12/h11-12H,1-10H2. The number of sulfonamides is 1. The van der Waals surface area contributed by atoms with Gasteiger partial charge in [0.15, 0.2) is 0 Å². The van der Waals surface area contributed by atoms with E-state index in [0.29, 0.717) is 19.0 Å². The lowest BCUT2D eigenvalue weighted by Gasteiger charge is -2.37. The highest BCUT2D eigenvalue weighted by atomic mass is 35.5. The van der Waals surface area contributed by atoms with Gasteiger partial charge in [0, 0.05) is 25.1 Å². The summed E-state index contributed by atoms with van der Waals surface area (Å²) >= 11 is 5.69. The Kier molecular flexibility index (Phi) is 5.30. The lowest BCUT2D eigenvalue weighted by Crippen LogP contribution is -2.47. The van der Waals surface area contributed by atoms with Crippen molar-refractivity contribution in [2.75, 3.05) is 24.8 Å². The molecule has 1 aliphatic carbocycles. The fourth-order valence-corrected chi connectivity index (χ4v) is 4.66. The van der Waals surface area contributed by atoms with Gasteiger partial charge in [-0.15, -0.1) is 11.6 Å². The van der Waals surface area contributed by atoms with E-state index in [1.165, 1.54) is 0 Å². The van der Waals surface area contributed by atoms with Gasteiger partial charge in [0.05, 0.1) is 11.9 Å². The van der Waals surface area contributed by atoms with Crippen molar-refractivity contribution in [1.29, 1.82) is 0 Å². The maximum atomic E-state index is 12.4. The highest BCUT2D eigenvalue weighted by molar-refractivity contribution is 7.89. The third kappa shape index (κ3) is 3.59. The van der Waals surface area contributed by atoms with Crippen LogP contribution in [0.1, 0.15) is 38.5 Å². The molecule has 6 heteroatoms. The zero-order valence-corrected chi connectivity index (χ0v) is 12.3. The molecule has 2 aliphatic rings. The molecule has 1 unspecified atom stereocenters. The van der Waals surface area contributed by atoms with Crippen molar-refractivity contribution in [3.8, 4) is 0 Å². The Bertz CT molecular complexity index is 350. The second kappa shape index (κ2) is 6.55. The number of hydrogen-bond donors (Lipinski definition) is 0. The third-order valence-electron chi connectivity index (χ3n) is 3.77. The van der Waals surface area contributed by atoms with Crippen molar-refractivity contribution in [3.63, 3.8) is 0 Å². The number of ether oxygens (including phenoxy) is 1. The predicted molar refractivity (Wildman–Crippen MR) is 72.4 cm³/mol. The fourth-order valence-electron chi connectivity index (χ4n) is 2.55. The Morgan fingerprint density at radius 3 is 2.50 bits per heavy atom. The Hall–Kier alpha value is 0.160. The molecule has 1 saturated heterocycles. The average Bonchev–Trinajstić information content (AvgIpc) is 2.72. The number of halogens is 1. The van der Waals surface area contributed by atoms with E-state index in [9.17, 15) is 8.42 Å². The van der Waals surface area contributed by atoms with Crippen LogP contribution in [0.2, 0.25) is 0 Å². The molecule has 18 heavy (non-hydrogen) atoms. The second-order valence-corrected chi connectivity index (χ2v) is 7.50. The first-order valence-corrected chi connectivity index (χ1v) is 8.95. The first-order valence-electron chi connectivity index (χ1n) is 6.80. The van der Waals surface area contributed by atoms with E-state index >= 15 is 0 Å². The van der Waals surface area contributed by atoms with Crippen LogP contribution in [-0.2, 0) is 14.8 Å². The lowest BCUT2D eigenvalue weighted by atomic mass is 9.93. The Labute approximate surface area is 115 Å². The molecule has 2 rings (SSSR count). The van der Waals surface area contributed by atoms with Crippen LogP contribution in [0.3, 0.4) is 0 Å². The molecule has 1 heterocycles. The van der Waals surface area contributed by atoms with Gasteiger partial charge in [-0.3, -0.25) is 0 Å². The number of alkyl halides is 1. The fraction of sp³-hybridized carbons (Fsp3) is 1.00. The summed E-state index contributed by atoms with van der Waals surface area (Å²) in [4.78, 5) is 0. The largest absolute Gasteiger partial charge is 0.377 e. The zero-order valence-electron chi connectivity index (χ0n) is 10.7. The molecule has 0 radical (unpaired) electrons. The zero-order chi connectivity index (χ0) is 13.0. The van der Waals surface area contributed by atoms with Crippen molar-refractivity contribution < 1.29 is 13.2 Å². The monoisotopic (exact) mass is 295 g/mol. The van der Waals surface area contributed by atoms with E-state index in [4.69, 9.17) is 16.3 Å². The van der Waals surface area contributed by atoms with Crippen LogP contribution < -0.4 is 0 Å². The second-order valence-electron chi connectivity index (χ2n) is 5.15. The highest BCUT2D eigenvalue weighted by Gasteiger charge is 2.35. The van der Waals surface area contributed by atoms with Crippen LogP contribution in [0, 0.1) is 0 Å². The van der Waals surface area contributed by atoms with Crippen LogP contribution in [-0.4, -0.2) is 49.7 Å². The van der Waals surface area contributed by atoms with Crippen LogP contribution in [0.25, 0.3) is 0 Å². The Morgan fingerprint density at radius 2 is 2.00 bits per heavy atom. The van der Waals surface area contributed by atoms with Gasteiger partial charge in [0.2, 0.25) is 10.0 Å². The molecule has 0 aromatic heterocycles. The van der Waals surface area contributed by atoms with Gasteiger partial charge in [0.25, 0.3) is 0 Å². The summed E-state index contributed by atoms with van der Waals surface area (Å²) in [7, 11) is -3.19. The molecule has 2 fully saturated rings. The molecule has 0 bridgehead atoms. The summed E-state index contributed by atoms with van der Waals surface area (Å²) in [6.07, 6.45) is 5.59. The van der Waals surface area contributed by atoms with Crippen LogP contribution in [0.5, 0.6) is 0 Å². The molecule has 1 aliphatic heterocycles. The van der Waals surface area contributed by atoms with Gasteiger partial charge in [-0.25, -0.2) is 8.42 Å². The van der Waals surface area contributed by atoms with E-state index in [1.54, 1.807) is 4.31 Å². The summed E-state index contributed by atoms with van der Waals surface area (Å²) < 4.78 is 32.0. The van der Waals surface area contributed by atoms with Gasteiger partial charge in [0.1, 0.15) is 0 Å². The first-order chi connectivity index (χ1) is 8.63. The number of rotatable bonds is 7. The molecular weight excluding hydrogens is 274 g/mol. The predicted octanol–water partition coefficient (Wildman–Crippen LogP) is 1.98. The van der Waals surface area contributed by atoms with E-state index in [-0.39, 0.29) is 17.9 Å². The van der Waals surface area contributed by atoms with Crippen molar-refractivity contribution >= 4 is 21.6 Å². The maximum absolute atomic E-state index is 12.4. The molecule has 1 saturated carbocycles.